The molecule has 7 nitrogen and oxygen atoms in total. The van der Waals surface area contributed by atoms with Crippen LogP contribution in [0.4, 0.5) is 18.0 Å². The molecule has 1 aromatic heterocycles. The normalized spacial score (nSPS) is 15.6. The number of ether oxygens (including phenoxy) is 1. The lowest BCUT2D eigenvalue weighted by atomic mass is 10.2. The summed E-state index contributed by atoms with van der Waals surface area (Å²) in [6, 6.07) is 0. The van der Waals surface area contributed by atoms with E-state index < -0.39 is 34.6 Å². The number of rotatable bonds is 2. The molecule has 11 heteroatoms. The second-order valence-corrected chi connectivity index (χ2v) is 5.49. The van der Waals surface area contributed by atoms with Gasteiger partial charge in [-0.05, 0) is 6.92 Å². The van der Waals surface area contributed by atoms with E-state index >= 15 is 0 Å². The summed E-state index contributed by atoms with van der Waals surface area (Å²) in [5.74, 6) is -0.699. The van der Waals surface area contributed by atoms with Gasteiger partial charge < -0.3 is 14.5 Å². The third kappa shape index (κ3) is 3.58. The third-order valence-electron chi connectivity index (χ3n) is 3.55. The van der Waals surface area contributed by atoms with Crippen molar-refractivity contribution in [2.45, 2.75) is 13.1 Å². The molecule has 0 aliphatic carbocycles. The maximum absolute atomic E-state index is 12.9. The van der Waals surface area contributed by atoms with Crippen molar-refractivity contribution in [3.05, 3.63) is 16.4 Å². The smallest absolute Gasteiger partial charge is 0.434 e. The first-order valence-electron chi connectivity index (χ1n) is 7.17. The van der Waals surface area contributed by atoms with E-state index in [4.69, 9.17) is 16.3 Å². The molecule has 1 aliphatic rings. The number of aromatic nitrogens is 2. The number of hydrogen-bond acceptors (Lipinski definition) is 4. The SMILES string of the molecule is CCOC(=O)N1CCN(C(=O)c2nn(C)c(C(F)(F)F)c2Cl)CC1. The standard InChI is InChI=1S/C13H16ClF3N4O3/c1-3-24-12(23)21-6-4-20(5-7-21)11(22)9-8(14)10(13(15,16)17)19(2)18-9/h3-7H2,1-2H3. The van der Waals surface area contributed by atoms with Gasteiger partial charge in [0.1, 0.15) is 5.02 Å². The monoisotopic (exact) mass is 368 g/mol. The Labute approximate surface area is 140 Å². The van der Waals surface area contributed by atoms with Crippen molar-refractivity contribution < 1.29 is 27.5 Å². The van der Waals surface area contributed by atoms with Gasteiger partial charge in [-0.3, -0.25) is 9.48 Å². The Morgan fingerprint density at radius 1 is 1.21 bits per heavy atom. The molecule has 0 atom stereocenters. The molecule has 2 heterocycles. The highest BCUT2D eigenvalue weighted by atomic mass is 35.5. The van der Waals surface area contributed by atoms with Crippen LogP contribution in [0, 0.1) is 0 Å². The van der Waals surface area contributed by atoms with Crippen molar-refractivity contribution in [1.29, 1.82) is 0 Å². The quantitative estimate of drug-likeness (QED) is 0.801. The van der Waals surface area contributed by atoms with Crippen LogP contribution in [0.2, 0.25) is 5.02 Å². The summed E-state index contributed by atoms with van der Waals surface area (Å²) in [6.07, 6.45) is -5.19. The molecule has 1 saturated heterocycles. The number of carbonyl (C=O) groups is 2. The van der Waals surface area contributed by atoms with Gasteiger partial charge in [0.05, 0.1) is 6.61 Å². The highest BCUT2D eigenvalue weighted by molar-refractivity contribution is 6.34. The van der Waals surface area contributed by atoms with Crippen LogP contribution in [-0.4, -0.2) is 64.4 Å². The molecule has 0 spiro atoms. The molecule has 0 N–H and O–H groups in total. The lowest BCUT2D eigenvalue weighted by molar-refractivity contribution is -0.143. The van der Waals surface area contributed by atoms with Gasteiger partial charge in [-0.2, -0.15) is 18.3 Å². The zero-order chi connectivity index (χ0) is 18.1. The Bertz CT molecular complexity index is 639. The fraction of sp³-hybridized carbons (Fsp3) is 0.615. The van der Waals surface area contributed by atoms with Gasteiger partial charge in [-0.25, -0.2) is 4.79 Å². The minimum Gasteiger partial charge on any atom is -0.450 e. The minimum atomic E-state index is -4.71. The zero-order valence-electron chi connectivity index (χ0n) is 13.1. The molecular weight excluding hydrogens is 353 g/mol. The fourth-order valence-corrected chi connectivity index (χ4v) is 2.75. The molecular formula is C13H16ClF3N4O3. The summed E-state index contributed by atoms with van der Waals surface area (Å²) in [4.78, 5) is 26.7. The van der Waals surface area contributed by atoms with Crippen LogP contribution in [0.5, 0.6) is 0 Å². The van der Waals surface area contributed by atoms with E-state index in [0.717, 1.165) is 7.05 Å². The Morgan fingerprint density at radius 2 is 1.75 bits per heavy atom. The number of nitrogens with zero attached hydrogens (tertiary/aromatic N) is 4. The summed E-state index contributed by atoms with van der Waals surface area (Å²) in [7, 11) is 1.07. The number of hydrogen-bond donors (Lipinski definition) is 0. The predicted octanol–water partition coefficient (Wildman–Crippen LogP) is 2.01. The molecule has 0 radical (unpaired) electrons. The zero-order valence-corrected chi connectivity index (χ0v) is 13.8. The molecule has 1 aromatic rings. The van der Waals surface area contributed by atoms with Crippen LogP contribution < -0.4 is 0 Å². The van der Waals surface area contributed by atoms with Crippen molar-refractivity contribution in [2.75, 3.05) is 32.8 Å². The van der Waals surface area contributed by atoms with Crippen LogP contribution in [0.15, 0.2) is 0 Å². The molecule has 0 aromatic carbocycles. The van der Waals surface area contributed by atoms with E-state index in [0.29, 0.717) is 4.68 Å². The maximum Gasteiger partial charge on any atom is 0.434 e. The lowest BCUT2D eigenvalue weighted by Gasteiger charge is -2.33. The molecule has 1 fully saturated rings. The summed E-state index contributed by atoms with van der Waals surface area (Å²) >= 11 is 5.71. The summed E-state index contributed by atoms with van der Waals surface area (Å²) in [6.45, 7) is 2.68. The van der Waals surface area contributed by atoms with E-state index in [1.165, 1.54) is 9.80 Å². The average Bonchev–Trinajstić information content (AvgIpc) is 2.81. The molecule has 24 heavy (non-hydrogen) atoms. The van der Waals surface area contributed by atoms with Crippen LogP contribution in [-0.2, 0) is 18.0 Å². The highest BCUT2D eigenvalue weighted by Gasteiger charge is 2.40. The van der Waals surface area contributed by atoms with Crippen molar-refractivity contribution >= 4 is 23.6 Å². The number of carbonyl (C=O) groups excluding carboxylic acids is 2. The number of amides is 2. The lowest BCUT2D eigenvalue weighted by Crippen LogP contribution is -2.50. The Balaban J connectivity index is 2.10. The average molecular weight is 369 g/mol. The van der Waals surface area contributed by atoms with Crippen molar-refractivity contribution in [3.63, 3.8) is 0 Å². The van der Waals surface area contributed by atoms with E-state index in [1.807, 2.05) is 0 Å². The van der Waals surface area contributed by atoms with Gasteiger partial charge in [-0.15, -0.1) is 0 Å². The Hall–Kier alpha value is -1.97. The van der Waals surface area contributed by atoms with E-state index in [9.17, 15) is 22.8 Å². The molecule has 0 saturated carbocycles. The highest BCUT2D eigenvalue weighted by Crippen LogP contribution is 2.36. The number of alkyl halides is 3. The predicted molar refractivity (Wildman–Crippen MR) is 77.7 cm³/mol. The van der Waals surface area contributed by atoms with Crippen LogP contribution in [0.1, 0.15) is 23.1 Å². The molecule has 0 bridgehead atoms. The molecule has 2 amide bonds. The van der Waals surface area contributed by atoms with E-state index in [2.05, 4.69) is 5.10 Å². The maximum atomic E-state index is 12.9. The number of piperazine rings is 1. The summed E-state index contributed by atoms with van der Waals surface area (Å²) in [5.41, 5.74) is -1.62. The van der Waals surface area contributed by atoms with Crippen LogP contribution >= 0.6 is 11.6 Å². The number of halogens is 4. The molecule has 0 unspecified atom stereocenters. The van der Waals surface area contributed by atoms with Gasteiger partial charge >= 0.3 is 12.3 Å². The molecule has 2 rings (SSSR count). The van der Waals surface area contributed by atoms with Crippen molar-refractivity contribution in [2.24, 2.45) is 7.05 Å². The van der Waals surface area contributed by atoms with Gasteiger partial charge in [-0.1, -0.05) is 11.6 Å². The first-order chi connectivity index (χ1) is 11.2. The second-order valence-electron chi connectivity index (χ2n) is 5.11. The molecule has 134 valence electrons. The number of aryl methyl sites for hydroxylation is 1. The largest absolute Gasteiger partial charge is 0.450 e. The van der Waals surface area contributed by atoms with Crippen LogP contribution in [0.3, 0.4) is 0 Å². The molecule has 1 aliphatic heterocycles. The van der Waals surface area contributed by atoms with Gasteiger partial charge in [0, 0.05) is 33.2 Å². The topological polar surface area (TPSA) is 67.7 Å². The van der Waals surface area contributed by atoms with E-state index in [-0.39, 0.29) is 32.8 Å². The van der Waals surface area contributed by atoms with Crippen molar-refractivity contribution in [1.82, 2.24) is 19.6 Å². The van der Waals surface area contributed by atoms with Crippen LogP contribution in [0.25, 0.3) is 0 Å². The van der Waals surface area contributed by atoms with Crippen molar-refractivity contribution in [3.8, 4) is 0 Å². The summed E-state index contributed by atoms with van der Waals surface area (Å²) in [5, 5.41) is 2.88. The Kier molecular flexibility index (Phi) is 5.26. The van der Waals surface area contributed by atoms with Gasteiger partial charge in [0.25, 0.3) is 5.91 Å². The first kappa shape index (κ1) is 18.4. The Morgan fingerprint density at radius 3 is 2.21 bits per heavy atom. The summed E-state index contributed by atoms with van der Waals surface area (Å²) < 4.78 is 44.1. The van der Waals surface area contributed by atoms with E-state index in [1.54, 1.807) is 6.92 Å². The van der Waals surface area contributed by atoms with Gasteiger partial charge in [0.2, 0.25) is 0 Å². The fourth-order valence-electron chi connectivity index (χ4n) is 2.40. The minimum absolute atomic E-state index is 0.159. The first-order valence-corrected chi connectivity index (χ1v) is 7.55. The third-order valence-corrected chi connectivity index (χ3v) is 3.91. The second kappa shape index (κ2) is 6.88. The van der Waals surface area contributed by atoms with Gasteiger partial charge in [0.15, 0.2) is 11.4 Å².